The fourth-order valence-electron chi connectivity index (χ4n) is 2.68. The third-order valence-corrected chi connectivity index (χ3v) is 4.17. The van der Waals surface area contributed by atoms with Crippen LogP contribution in [0.5, 0.6) is 0 Å². The Labute approximate surface area is 118 Å². The normalized spacial score (nSPS) is 15.6. The van der Waals surface area contributed by atoms with Crippen LogP contribution < -0.4 is 5.32 Å². The zero-order valence-electron chi connectivity index (χ0n) is 10.6. The van der Waals surface area contributed by atoms with Gasteiger partial charge < -0.3 is 5.32 Å². The van der Waals surface area contributed by atoms with E-state index in [1.54, 1.807) is 0 Å². The van der Waals surface area contributed by atoms with Crippen molar-refractivity contribution in [2.75, 3.05) is 11.9 Å². The molecule has 0 atom stereocenters. The van der Waals surface area contributed by atoms with Crippen LogP contribution in [0.15, 0.2) is 22.7 Å². The third kappa shape index (κ3) is 3.74. The molecule has 1 saturated carbocycles. The molecule has 3 heteroatoms. The zero-order valence-corrected chi connectivity index (χ0v) is 12.2. The van der Waals surface area contributed by atoms with Gasteiger partial charge in [0.25, 0.3) is 0 Å². The number of hydrogen-bond donors (Lipinski definition) is 1. The summed E-state index contributed by atoms with van der Waals surface area (Å²) >= 11 is 3.38. The van der Waals surface area contributed by atoms with Gasteiger partial charge in [-0.25, -0.2) is 0 Å². The van der Waals surface area contributed by atoms with Crippen LogP contribution >= 0.6 is 15.9 Å². The maximum absolute atomic E-state index is 9.06. The lowest BCUT2D eigenvalue weighted by Gasteiger charge is -2.11. The molecular weight excluding hydrogens is 288 g/mol. The molecular formula is C15H19BrN2. The number of nitriles is 1. The van der Waals surface area contributed by atoms with Gasteiger partial charge in [0.2, 0.25) is 0 Å². The van der Waals surface area contributed by atoms with E-state index in [-0.39, 0.29) is 0 Å². The molecule has 0 saturated heterocycles. The van der Waals surface area contributed by atoms with Gasteiger partial charge in [0, 0.05) is 11.0 Å². The molecule has 1 fully saturated rings. The average molecular weight is 307 g/mol. The number of rotatable bonds is 5. The Kier molecular flexibility index (Phi) is 5.07. The lowest BCUT2D eigenvalue weighted by molar-refractivity contribution is 0.491. The molecule has 0 bridgehead atoms. The quantitative estimate of drug-likeness (QED) is 0.800. The molecule has 0 aromatic heterocycles. The molecule has 1 aromatic carbocycles. The fourth-order valence-corrected chi connectivity index (χ4v) is 3.04. The summed E-state index contributed by atoms with van der Waals surface area (Å²) in [5.41, 5.74) is 1.66. The second-order valence-electron chi connectivity index (χ2n) is 5.02. The smallest absolute Gasteiger partial charge is 0.101 e. The molecule has 18 heavy (non-hydrogen) atoms. The number of benzene rings is 1. The molecule has 0 aliphatic heterocycles. The van der Waals surface area contributed by atoms with Crippen LogP contribution in [0.1, 0.15) is 44.1 Å². The molecule has 1 aliphatic carbocycles. The van der Waals surface area contributed by atoms with Gasteiger partial charge in [-0.05, 0) is 37.0 Å². The molecule has 1 N–H and O–H groups in total. The molecule has 1 aromatic rings. The van der Waals surface area contributed by atoms with Crippen LogP contribution in [0.4, 0.5) is 5.69 Å². The number of nitrogens with one attached hydrogen (secondary N) is 1. The first-order valence-corrected chi connectivity index (χ1v) is 7.52. The molecule has 0 heterocycles. The predicted octanol–water partition coefficient (Wildman–Crippen LogP) is 4.70. The maximum Gasteiger partial charge on any atom is 0.101 e. The van der Waals surface area contributed by atoms with Crippen molar-refractivity contribution >= 4 is 21.6 Å². The largest absolute Gasteiger partial charge is 0.384 e. The van der Waals surface area contributed by atoms with Crippen molar-refractivity contribution in [2.45, 2.75) is 38.5 Å². The summed E-state index contributed by atoms with van der Waals surface area (Å²) in [6.07, 6.45) is 8.20. The van der Waals surface area contributed by atoms with Gasteiger partial charge in [-0.2, -0.15) is 5.26 Å². The Bertz CT molecular complexity index is 431. The van der Waals surface area contributed by atoms with Crippen LogP contribution in [0.2, 0.25) is 0 Å². The van der Waals surface area contributed by atoms with Crippen molar-refractivity contribution in [2.24, 2.45) is 5.92 Å². The maximum atomic E-state index is 9.06. The molecule has 96 valence electrons. The van der Waals surface area contributed by atoms with Crippen molar-refractivity contribution in [3.63, 3.8) is 0 Å². The van der Waals surface area contributed by atoms with Crippen molar-refractivity contribution in [1.29, 1.82) is 5.26 Å². The molecule has 0 radical (unpaired) electrons. The Morgan fingerprint density at radius 1 is 1.33 bits per heavy atom. The van der Waals surface area contributed by atoms with Gasteiger partial charge in [-0.3, -0.25) is 0 Å². The summed E-state index contributed by atoms with van der Waals surface area (Å²) in [4.78, 5) is 0. The summed E-state index contributed by atoms with van der Waals surface area (Å²) < 4.78 is 0.954. The van der Waals surface area contributed by atoms with Gasteiger partial charge >= 0.3 is 0 Å². The minimum absolute atomic E-state index is 0.713. The van der Waals surface area contributed by atoms with Crippen LogP contribution in [-0.2, 0) is 0 Å². The Morgan fingerprint density at radius 2 is 2.11 bits per heavy atom. The Balaban J connectivity index is 1.77. The Morgan fingerprint density at radius 3 is 2.83 bits per heavy atom. The van der Waals surface area contributed by atoms with E-state index in [9.17, 15) is 0 Å². The number of nitrogens with zero attached hydrogens (tertiary/aromatic N) is 1. The summed E-state index contributed by atoms with van der Waals surface area (Å²) in [5.74, 6) is 0.951. The summed E-state index contributed by atoms with van der Waals surface area (Å²) in [6.45, 7) is 0.965. The van der Waals surface area contributed by atoms with Crippen LogP contribution in [0.3, 0.4) is 0 Å². The minimum Gasteiger partial charge on any atom is -0.384 e. The predicted molar refractivity (Wildman–Crippen MR) is 78.5 cm³/mol. The molecule has 1 aliphatic rings. The Hall–Kier alpha value is -1.01. The van der Waals surface area contributed by atoms with Gasteiger partial charge in [0.05, 0.1) is 11.3 Å². The molecule has 0 unspecified atom stereocenters. The van der Waals surface area contributed by atoms with Gasteiger partial charge in [0.1, 0.15) is 6.07 Å². The van der Waals surface area contributed by atoms with Crippen LogP contribution in [0, 0.1) is 17.2 Å². The summed E-state index contributed by atoms with van der Waals surface area (Å²) in [6, 6.07) is 8.03. The standard InChI is InChI=1S/C15H19BrN2/c16-14-7-8-15(13(10-14)11-17)18-9-3-6-12-4-1-2-5-12/h7-8,10,12,18H,1-6,9H2. The van der Waals surface area contributed by atoms with E-state index >= 15 is 0 Å². The number of anilines is 1. The SMILES string of the molecule is N#Cc1cc(Br)ccc1NCCCC1CCCC1. The first-order valence-electron chi connectivity index (χ1n) is 6.73. The van der Waals surface area contributed by atoms with Crippen molar-refractivity contribution in [3.8, 4) is 6.07 Å². The van der Waals surface area contributed by atoms with Crippen molar-refractivity contribution in [3.05, 3.63) is 28.2 Å². The van der Waals surface area contributed by atoms with E-state index < -0.39 is 0 Å². The second kappa shape index (κ2) is 6.80. The topological polar surface area (TPSA) is 35.8 Å². The van der Waals surface area contributed by atoms with E-state index in [4.69, 9.17) is 5.26 Å². The lowest BCUT2D eigenvalue weighted by Crippen LogP contribution is -2.05. The van der Waals surface area contributed by atoms with Gasteiger partial charge in [-0.1, -0.05) is 41.6 Å². The average Bonchev–Trinajstić information content (AvgIpc) is 2.89. The highest BCUT2D eigenvalue weighted by Crippen LogP contribution is 2.28. The van der Waals surface area contributed by atoms with E-state index in [0.717, 1.165) is 22.6 Å². The van der Waals surface area contributed by atoms with E-state index in [0.29, 0.717) is 5.56 Å². The van der Waals surface area contributed by atoms with E-state index in [2.05, 4.69) is 27.3 Å². The monoisotopic (exact) mass is 306 g/mol. The second-order valence-corrected chi connectivity index (χ2v) is 5.94. The highest BCUT2D eigenvalue weighted by atomic mass is 79.9. The van der Waals surface area contributed by atoms with Gasteiger partial charge in [-0.15, -0.1) is 0 Å². The van der Waals surface area contributed by atoms with E-state index in [1.165, 1.54) is 38.5 Å². The summed E-state index contributed by atoms with van der Waals surface area (Å²) in [7, 11) is 0. The number of hydrogen-bond acceptors (Lipinski definition) is 2. The highest BCUT2D eigenvalue weighted by molar-refractivity contribution is 9.10. The zero-order chi connectivity index (χ0) is 12.8. The van der Waals surface area contributed by atoms with Crippen molar-refractivity contribution < 1.29 is 0 Å². The number of halogens is 1. The molecule has 2 nitrogen and oxygen atoms in total. The fraction of sp³-hybridized carbons (Fsp3) is 0.533. The van der Waals surface area contributed by atoms with E-state index in [1.807, 2.05) is 18.2 Å². The minimum atomic E-state index is 0.713. The van der Waals surface area contributed by atoms with Crippen molar-refractivity contribution in [1.82, 2.24) is 0 Å². The molecule has 2 rings (SSSR count). The third-order valence-electron chi connectivity index (χ3n) is 3.68. The molecule has 0 spiro atoms. The lowest BCUT2D eigenvalue weighted by atomic mass is 10.0. The summed E-state index contributed by atoms with van der Waals surface area (Å²) in [5, 5.41) is 12.4. The van der Waals surface area contributed by atoms with Crippen LogP contribution in [0.25, 0.3) is 0 Å². The van der Waals surface area contributed by atoms with Crippen LogP contribution in [-0.4, -0.2) is 6.54 Å². The molecule has 0 amide bonds. The van der Waals surface area contributed by atoms with Gasteiger partial charge in [0.15, 0.2) is 0 Å². The first kappa shape index (κ1) is 13.4. The first-order chi connectivity index (χ1) is 8.79. The highest BCUT2D eigenvalue weighted by Gasteiger charge is 2.13.